The Labute approximate surface area is 144 Å². The molecule has 7 heteroatoms. The van der Waals surface area contributed by atoms with Gasteiger partial charge in [-0.05, 0) is 31.6 Å². The fourth-order valence-electron chi connectivity index (χ4n) is 2.24. The second kappa shape index (κ2) is 7.79. The van der Waals surface area contributed by atoms with E-state index in [1.807, 2.05) is 42.8 Å². The van der Waals surface area contributed by atoms with E-state index in [1.54, 1.807) is 6.08 Å². The molecule has 0 bridgehead atoms. The van der Waals surface area contributed by atoms with Gasteiger partial charge in [0.05, 0.1) is 12.2 Å². The number of aryl methyl sites for hydroxylation is 1. The lowest BCUT2D eigenvalue weighted by Crippen LogP contribution is -2.19. The van der Waals surface area contributed by atoms with Gasteiger partial charge in [0.2, 0.25) is 0 Å². The highest BCUT2D eigenvalue weighted by Gasteiger charge is 2.11. The Kier molecular flexibility index (Phi) is 5.76. The van der Waals surface area contributed by atoms with Gasteiger partial charge in [-0.25, -0.2) is 4.79 Å². The maximum Gasteiger partial charge on any atom is 0.331 e. The van der Waals surface area contributed by atoms with E-state index in [1.165, 1.54) is 6.08 Å². The zero-order valence-corrected chi connectivity index (χ0v) is 14.2. The number of carbonyl (C=O) groups is 2. The minimum Gasteiger partial charge on any atom is -0.452 e. The first-order chi connectivity index (χ1) is 11.4. The maximum atomic E-state index is 11.5. The molecule has 0 unspecified atom stereocenters. The maximum absolute atomic E-state index is 11.5. The second-order valence-corrected chi connectivity index (χ2v) is 5.65. The lowest BCUT2D eigenvalue weighted by molar-refractivity contribution is -0.142. The standard InChI is InChI=1S/C17H18ClN3O3/c1-11-14(7-8-17(23)24-10-16(19)22)12(2)21(20-11)9-13-5-3-4-6-15(13)18/h3-8H,9-10H2,1-2H3,(H2,19,22). The number of rotatable bonds is 6. The van der Waals surface area contributed by atoms with Crippen molar-refractivity contribution in [1.82, 2.24) is 9.78 Å². The van der Waals surface area contributed by atoms with Crippen LogP contribution in [0.4, 0.5) is 0 Å². The molecule has 1 heterocycles. The average Bonchev–Trinajstić information content (AvgIpc) is 2.79. The summed E-state index contributed by atoms with van der Waals surface area (Å²) in [6.07, 6.45) is 2.86. The molecule has 0 saturated carbocycles. The van der Waals surface area contributed by atoms with Crippen molar-refractivity contribution < 1.29 is 14.3 Å². The van der Waals surface area contributed by atoms with Crippen LogP contribution in [0.3, 0.4) is 0 Å². The zero-order chi connectivity index (χ0) is 17.7. The van der Waals surface area contributed by atoms with E-state index in [0.717, 1.165) is 22.5 Å². The minimum atomic E-state index is -0.698. The third-order valence-electron chi connectivity index (χ3n) is 3.46. The predicted octanol–water partition coefficient (Wildman–Crippen LogP) is 2.24. The summed E-state index contributed by atoms with van der Waals surface area (Å²) in [6, 6.07) is 7.56. The van der Waals surface area contributed by atoms with Crippen molar-refractivity contribution >= 4 is 29.6 Å². The quantitative estimate of drug-likeness (QED) is 0.641. The van der Waals surface area contributed by atoms with E-state index in [9.17, 15) is 9.59 Å². The molecule has 0 aliphatic carbocycles. The van der Waals surface area contributed by atoms with Gasteiger partial charge < -0.3 is 10.5 Å². The summed E-state index contributed by atoms with van der Waals surface area (Å²) in [4.78, 5) is 22.1. The molecule has 6 nitrogen and oxygen atoms in total. The molecule has 2 rings (SSSR count). The van der Waals surface area contributed by atoms with E-state index in [2.05, 4.69) is 9.84 Å². The summed E-state index contributed by atoms with van der Waals surface area (Å²) in [6.45, 7) is 3.86. The summed E-state index contributed by atoms with van der Waals surface area (Å²) in [5, 5.41) is 5.16. The highest BCUT2D eigenvalue weighted by molar-refractivity contribution is 6.31. The minimum absolute atomic E-state index is 0.438. The fraction of sp³-hybridized carbons (Fsp3) is 0.235. The van der Waals surface area contributed by atoms with Crippen molar-refractivity contribution in [1.29, 1.82) is 0 Å². The van der Waals surface area contributed by atoms with Crippen LogP contribution in [0, 0.1) is 13.8 Å². The number of ether oxygens (including phenoxy) is 1. The number of esters is 1. The van der Waals surface area contributed by atoms with Gasteiger partial charge in [-0.3, -0.25) is 9.48 Å². The first kappa shape index (κ1) is 17.7. The smallest absolute Gasteiger partial charge is 0.331 e. The summed E-state index contributed by atoms with van der Waals surface area (Å²) in [5.41, 5.74) is 8.37. The summed E-state index contributed by atoms with van der Waals surface area (Å²) in [7, 11) is 0. The Hall–Kier alpha value is -2.60. The third-order valence-corrected chi connectivity index (χ3v) is 3.83. The number of benzene rings is 1. The van der Waals surface area contributed by atoms with Gasteiger partial charge in [-0.1, -0.05) is 29.8 Å². The monoisotopic (exact) mass is 347 g/mol. The predicted molar refractivity (Wildman–Crippen MR) is 91.4 cm³/mol. The molecule has 0 aliphatic heterocycles. The molecular weight excluding hydrogens is 330 g/mol. The Morgan fingerprint density at radius 2 is 2.04 bits per heavy atom. The number of nitrogens with zero attached hydrogens (tertiary/aromatic N) is 2. The van der Waals surface area contributed by atoms with Crippen LogP contribution in [-0.2, 0) is 20.9 Å². The molecule has 0 fully saturated rings. The molecule has 2 aromatic rings. The molecule has 126 valence electrons. The third kappa shape index (κ3) is 4.45. The molecule has 0 atom stereocenters. The highest BCUT2D eigenvalue weighted by atomic mass is 35.5. The lowest BCUT2D eigenvalue weighted by Gasteiger charge is -2.06. The Balaban J connectivity index is 2.15. The molecule has 1 aromatic carbocycles. The van der Waals surface area contributed by atoms with E-state index in [-0.39, 0.29) is 0 Å². The lowest BCUT2D eigenvalue weighted by atomic mass is 10.1. The first-order valence-corrected chi connectivity index (χ1v) is 7.67. The van der Waals surface area contributed by atoms with Crippen LogP contribution in [0.1, 0.15) is 22.5 Å². The summed E-state index contributed by atoms with van der Waals surface area (Å²) < 4.78 is 6.50. The topological polar surface area (TPSA) is 87.2 Å². The highest BCUT2D eigenvalue weighted by Crippen LogP contribution is 2.20. The average molecular weight is 348 g/mol. The molecule has 2 N–H and O–H groups in total. The molecule has 24 heavy (non-hydrogen) atoms. The van der Waals surface area contributed by atoms with Crippen molar-refractivity contribution in [2.45, 2.75) is 20.4 Å². The molecule has 1 aromatic heterocycles. The van der Waals surface area contributed by atoms with Crippen molar-refractivity contribution in [3.63, 3.8) is 0 Å². The van der Waals surface area contributed by atoms with Gasteiger partial charge in [-0.15, -0.1) is 0 Å². The van der Waals surface area contributed by atoms with Crippen molar-refractivity contribution in [3.8, 4) is 0 Å². The van der Waals surface area contributed by atoms with E-state index < -0.39 is 18.5 Å². The van der Waals surface area contributed by atoms with Crippen molar-refractivity contribution in [3.05, 3.63) is 57.9 Å². The second-order valence-electron chi connectivity index (χ2n) is 5.24. The van der Waals surface area contributed by atoms with Crippen molar-refractivity contribution in [2.75, 3.05) is 6.61 Å². The van der Waals surface area contributed by atoms with Crippen LogP contribution in [0.15, 0.2) is 30.3 Å². The zero-order valence-electron chi connectivity index (χ0n) is 13.5. The van der Waals surface area contributed by atoms with Gasteiger partial charge in [0.1, 0.15) is 0 Å². The van der Waals surface area contributed by atoms with Gasteiger partial charge in [0.15, 0.2) is 6.61 Å². The van der Waals surface area contributed by atoms with Crippen LogP contribution >= 0.6 is 11.6 Å². The van der Waals surface area contributed by atoms with Crippen molar-refractivity contribution in [2.24, 2.45) is 5.73 Å². The SMILES string of the molecule is Cc1nn(Cc2ccccc2Cl)c(C)c1C=CC(=O)OCC(N)=O. The fourth-order valence-corrected chi connectivity index (χ4v) is 2.43. The molecule has 0 aliphatic rings. The molecule has 1 amide bonds. The largest absolute Gasteiger partial charge is 0.452 e. The van der Waals surface area contributed by atoms with Gasteiger partial charge in [0, 0.05) is 22.4 Å². The van der Waals surface area contributed by atoms with Crippen LogP contribution < -0.4 is 5.73 Å². The molecular formula is C17H18ClN3O3. The number of amides is 1. The first-order valence-electron chi connectivity index (χ1n) is 7.29. The van der Waals surface area contributed by atoms with Crippen LogP contribution in [0.2, 0.25) is 5.02 Å². The van der Waals surface area contributed by atoms with Gasteiger partial charge in [-0.2, -0.15) is 5.10 Å². The van der Waals surface area contributed by atoms with E-state index in [0.29, 0.717) is 11.6 Å². The Morgan fingerprint density at radius 1 is 1.33 bits per heavy atom. The van der Waals surface area contributed by atoms with E-state index in [4.69, 9.17) is 17.3 Å². The number of primary amides is 1. The number of hydrogen-bond donors (Lipinski definition) is 1. The Bertz CT molecular complexity index is 796. The molecule has 0 spiro atoms. The number of hydrogen-bond acceptors (Lipinski definition) is 4. The van der Waals surface area contributed by atoms with Crippen LogP contribution in [0.25, 0.3) is 6.08 Å². The number of halogens is 1. The Morgan fingerprint density at radius 3 is 2.71 bits per heavy atom. The van der Waals surface area contributed by atoms with Crippen LogP contribution in [-0.4, -0.2) is 28.3 Å². The summed E-state index contributed by atoms with van der Waals surface area (Å²) in [5.74, 6) is -1.33. The van der Waals surface area contributed by atoms with E-state index >= 15 is 0 Å². The number of aromatic nitrogens is 2. The van der Waals surface area contributed by atoms with Gasteiger partial charge >= 0.3 is 5.97 Å². The van der Waals surface area contributed by atoms with Gasteiger partial charge in [0.25, 0.3) is 5.91 Å². The number of carbonyl (C=O) groups excluding carboxylic acids is 2. The normalized spacial score (nSPS) is 11.0. The molecule has 0 saturated heterocycles. The number of nitrogens with two attached hydrogens (primary N) is 1. The molecule has 0 radical (unpaired) electrons. The summed E-state index contributed by atoms with van der Waals surface area (Å²) >= 11 is 6.18. The van der Waals surface area contributed by atoms with Crippen LogP contribution in [0.5, 0.6) is 0 Å².